The van der Waals surface area contributed by atoms with Crippen molar-refractivity contribution in [2.75, 3.05) is 0 Å². The highest BCUT2D eigenvalue weighted by atomic mass is 35.5. The molecule has 0 saturated heterocycles. The second-order valence-electron chi connectivity index (χ2n) is 4.14. The largest absolute Gasteiger partial charge is 0.489 e. The third kappa shape index (κ3) is 3.26. The van der Waals surface area contributed by atoms with E-state index in [0.717, 1.165) is 5.56 Å². The van der Waals surface area contributed by atoms with Gasteiger partial charge in [0.2, 0.25) is 0 Å². The van der Waals surface area contributed by atoms with Crippen LogP contribution < -0.4 is 10.5 Å². The third-order valence-electron chi connectivity index (χ3n) is 2.80. The van der Waals surface area contributed by atoms with E-state index in [4.69, 9.17) is 22.1 Å². The summed E-state index contributed by atoms with van der Waals surface area (Å²) >= 11 is 6.03. The van der Waals surface area contributed by atoms with E-state index in [2.05, 4.69) is 0 Å². The molecule has 0 aliphatic heterocycles. The van der Waals surface area contributed by atoms with Gasteiger partial charge in [0.05, 0.1) is 4.92 Å². The highest BCUT2D eigenvalue weighted by Gasteiger charge is 2.09. The average Bonchev–Trinajstić information content (AvgIpc) is 2.45. The second kappa shape index (κ2) is 6.36. The molecule has 0 fully saturated rings. The third-order valence-corrected chi connectivity index (χ3v) is 3.15. The van der Waals surface area contributed by atoms with Gasteiger partial charge in [-0.05, 0) is 17.7 Å². The second-order valence-corrected chi connectivity index (χ2v) is 4.54. The maximum atomic E-state index is 10.7. The summed E-state index contributed by atoms with van der Waals surface area (Å²) in [4.78, 5) is 10.3. The number of ether oxygens (including phenoxy) is 1. The van der Waals surface area contributed by atoms with Gasteiger partial charge >= 0.3 is 0 Å². The summed E-state index contributed by atoms with van der Waals surface area (Å²) in [6.07, 6.45) is 0. The highest BCUT2D eigenvalue weighted by molar-refractivity contribution is 6.31. The minimum atomic E-state index is -0.436. The van der Waals surface area contributed by atoms with E-state index in [-0.39, 0.29) is 18.8 Å². The number of benzene rings is 2. The first-order valence-electron chi connectivity index (χ1n) is 5.95. The van der Waals surface area contributed by atoms with Gasteiger partial charge in [0.15, 0.2) is 0 Å². The number of nitro benzene ring substituents is 1. The van der Waals surface area contributed by atoms with E-state index >= 15 is 0 Å². The van der Waals surface area contributed by atoms with Crippen LogP contribution >= 0.6 is 11.6 Å². The maximum Gasteiger partial charge on any atom is 0.269 e. The topological polar surface area (TPSA) is 78.4 Å². The summed E-state index contributed by atoms with van der Waals surface area (Å²) < 4.78 is 5.64. The summed E-state index contributed by atoms with van der Waals surface area (Å²) in [6, 6.07) is 11.6. The Morgan fingerprint density at radius 3 is 2.70 bits per heavy atom. The molecule has 2 rings (SSSR count). The predicted octanol–water partition coefficient (Wildman–Crippen LogP) is 3.29. The zero-order valence-corrected chi connectivity index (χ0v) is 11.3. The SMILES string of the molecule is NCc1c(Cl)cccc1OCc1cccc([N+](=O)[O-])c1. The Kier molecular flexibility index (Phi) is 4.55. The van der Waals surface area contributed by atoms with E-state index in [1.165, 1.54) is 12.1 Å². The Bertz CT molecular complexity index is 632. The number of hydrogen-bond acceptors (Lipinski definition) is 4. The van der Waals surface area contributed by atoms with Gasteiger partial charge in [-0.1, -0.05) is 29.8 Å². The number of rotatable bonds is 5. The molecule has 2 aromatic carbocycles. The molecule has 0 unspecified atom stereocenters. The van der Waals surface area contributed by atoms with Crippen LogP contribution in [0.2, 0.25) is 5.02 Å². The summed E-state index contributed by atoms with van der Waals surface area (Å²) in [6.45, 7) is 0.485. The fourth-order valence-corrected chi connectivity index (χ4v) is 2.04. The van der Waals surface area contributed by atoms with Crippen LogP contribution in [0, 0.1) is 10.1 Å². The summed E-state index contributed by atoms with van der Waals surface area (Å²) in [5.74, 6) is 0.589. The van der Waals surface area contributed by atoms with Gasteiger partial charge < -0.3 is 10.5 Å². The number of non-ortho nitro benzene ring substituents is 1. The van der Waals surface area contributed by atoms with Gasteiger partial charge in [-0.2, -0.15) is 0 Å². The molecule has 0 aliphatic rings. The average molecular weight is 293 g/mol. The lowest BCUT2D eigenvalue weighted by molar-refractivity contribution is -0.384. The van der Waals surface area contributed by atoms with Crippen LogP contribution in [0.3, 0.4) is 0 Å². The van der Waals surface area contributed by atoms with Crippen molar-refractivity contribution in [3.05, 3.63) is 68.7 Å². The molecule has 2 aromatic rings. The molecule has 0 bridgehead atoms. The Balaban J connectivity index is 2.15. The van der Waals surface area contributed by atoms with Crippen LogP contribution in [0.15, 0.2) is 42.5 Å². The van der Waals surface area contributed by atoms with Gasteiger partial charge in [0, 0.05) is 29.3 Å². The molecular formula is C14H13ClN2O3. The molecule has 5 nitrogen and oxygen atoms in total. The van der Waals surface area contributed by atoms with Crippen LogP contribution in [0.5, 0.6) is 5.75 Å². The molecular weight excluding hydrogens is 280 g/mol. The van der Waals surface area contributed by atoms with Gasteiger partial charge in [-0.25, -0.2) is 0 Å². The lowest BCUT2D eigenvalue weighted by atomic mass is 10.2. The molecule has 20 heavy (non-hydrogen) atoms. The number of halogens is 1. The first-order chi connectivity index (χ1) is 9.61. The zero-order valence-electron chi connectivity index (χ0n) is 10.6. The predicted molar refractivity (Wildman–Crippen MR) is 76.8 cm³/mol. The quantitative estimate of drug-likeness (QED) is 0.677. The molecule has 0 aliphatic carbocycles. The number of nitrogens with two attached hydrogens (primary N) is 1. The van der Waals surface area contributed by atoms with Crippen molar-refractivity contribution in [1.29, 1.82) is 0 Å². The molecule has 0 aromatic heterocycles. The molecule has 104 valence electrons. The lowest BCUT2D eigenvalue weighted by Gasteiger charge is -2.11. The van der Waals surface area contributed by atoms with E-state index in [9.17, 15) is 10.1 Å². The first-order valence-corrected chi connectivity index (χ1v) is 6.33. The fourth-order valence-electron chi connectivity index (χ4n) is 1.79. The Morgan fingerprint density at radius 2 is 2.00 bits per heavy atom. The van der Waals surface area contributed by atoms with E-state index in [1.54, 1.807) is 30.3 Å². The molecule has 6 heteroatoms. The Morgan fingerprint density at radius 1 is 1.25 bits per heavy atom. The Labute approximate surface area is 121 Å². The van der Waals surface area contributed by atoms with Crippen molar-refractivity contribution in [1.82, 2.24) is 0 Å². The molecule has 0 heterocycles. The maximum absolute atomic E-state index is 10.7. The monoisotopic (exact) mass is 292 g/mol. The van der Waals surface area contributed by atoms with Crippen LogP contribution in [0.25, 0.3) is 0 Å². The van der Waals surface area contributed by atoms with Gasteiger partial charge in [0.25, 0.3) is 5.69 Å². The minimum absolute atomic E-state index is 0.0382. The summed E-state index contributed by atoms with van der Waals surface area (Å²) in [7, 11) is 0. The van der Waals surface area contributed by atoms with Crippen molar-refractivity contribution in [3.8, 4) is 5.75 Å². The number of hydrogen-bond donors (Lipinski definition) is 1. The smallest absolute Gasteiger partial charge is 0.269 e. The molecule has 2 N–H and O–H groups in total. The van der Waals surface area contributed by atoms with Crippen molar-refractivity contribution in [2.24, 2.45) is 5.73 Å². The van der Waals surface area contributed by atoms with E-state index < -0.39 is 4.92 Å². The van der Waals surface area contributed by atoms with Gasteiger partial charge in [-0.15, -0.1) is 0 Å². The molecule has 0 saturated carbocycles. The lowest BCUT2D eigenvalue weighted by Crippen LogP contribution is -2.03. The highest BCUT2D eigenvalue weighted by Crippen LogP contribution is 2.26. The standard InChI is InChI=1S/C14H13ClN2O3/c15-13-5-2-6-14(12(13)8-16)20-9-10-3-1-4-11(7-10)17(18)19/h1-7H,8-9,16H2. The number of nitrogens with zero attached hydrogens (tertiary/aromatic N) is 1. The molecule has 0 amide bonds. The van der Waals surface area contributed by atoms with Crippen molar-refractivity contribution >= 4 is 17.3 Å². The summed E-state index contributed by atoms with van der Waals surface area (Å²) in [5, 5.41) is 11.2. The molecule has 0 atom stereocenters. The van der Waals surface area contributed by atoms with E-state index in [1.807, 2.05) is 0 Å². The minimum Gasteiger partial charge on any atom is -0.489 e. The van der Waals surface area contributed by atoms with Gasteiger partial charge in [0.1, 0.15) is 12.4 Å². The molecule has 0 radical (unpaired) electrons. The zero-order chi connectivity index (χ0) is 14.5. The summed E-state index contributed by atoms with van der Waals surface area (Å²) in [5.41, 5.74) is 7.10. The van der Waals surface area contributed by atoms with E-state index in [0.29, 0.717) is 16.3 Å². The van der Waals surface area contributed by atoms with Crippen LogP contribution in [0.1, 0.15) is 11.1 Å². The van der Waals surface area contributed by atoms with Crippen LogP contribution in [0.4, 0.5) is 5.69 Å². The fraction of sp³-hybridized carbons (Fsp3) is 0.143. The van der Waals surface area contributed by atoms with Crippen LogP contribution in [-0.2, 0) is 13.2 Å². The number of nitro groups is 1. The first kappa shape index (κ1) is 14.3. The Hall–Kier alpha value is -2.11. The molecule has 0 spiro atoms. The van der Waals surface area contributed by atoms with Crippen molar-refractivity contribution < 1.29 is 9.66 Å². The van der Waals surface area contributed by atoms with Crippen molar-refractivity contribution in [2.45, 2.75) is 13.2 Å². The van der Waals surface area contributed by atoms with Gasteiger partial charge in [-0.3, -0.25) is 10.1 Å². The normalized spacial score (nSPS) is 10.3. The van der Waals surface area contributed by atoms with Crippen molar-refractivity contribution in [3.63, 3.8) is 0 Å². The van der Waals surface area contributed by atoms with Crippen LogP contribution in [-0.4, -0.2) is 4.92 Å².